The van der Waals surface area contributed by atoms with Gasteiger partial charge in [-0.05, 0) is 81.9 Å². The second-order valence-electron chi connectivity index (χ2n) is 10.3. The third-order valence-corrected chi connectivity index (χ3v) is 9.10. The number of thioether (sulfide) groups is 1. The molecule has 1 unspecified atom stereocenters. The average Bonchev–Trinajstić information content (AvgIpc) is 3.62. The molecule has 6 aromatic rings. The maximum atomic E-state index is 13.7. The Bertz CT molecular complexity index is 1990. The van der Waals surface area contributed by atoms with Crippen molar-refractivity contribution in [3.05, 3.63) is 167 Å². The Morgan fingerprint density at radius 1 is 0.696 bits per heavy atom. The van der Waals surface area contributed by atoms with Gasteiger partial charge in [-0.15, -0.1) is 11.8 Å². The van der Waals surface area contributed by atoms with Crippen LogP contribution in [0, 0.1) is 0 Å². The molecule has 0 fully saturated rings. The van der Waals surface area contributed by atoms with Crippen LogP contribution in [0.4, 0.5) is 11.4 Å². The largest absolute Gasteiger partial charge is 0.324 e. The van der Waals surface area contributed by atoms with Crippen molar-refractivity contribution < 1.29 is 14.4 Å². The molecular formula is C38H29N3O3S2. The number of amides is 3. The molecule has 0 bridgehead atoms. The molecular weight excluding hydrogens is 611 g/mol. The fourth-order valence-corrected chi connectivity index (χ4v) is 6.49. The summed E-state index contributed by atoms with van der Waals surface area (Å²) in [6.45, 7) is 0. The van der Waals surface area contributed by atoms with E-state index in [-0.39, 0.29) is 17.5 Å². The normalized spacial score (nSPS) is 11.9. The summed E-state index contributed by atoms with van der Waals surface area (Å²) in [5.74, 6) is -0.965. The number of hydrogen-bond acceptors (Lipinski definition) is 5. The summed E-state index contributed by atoms with van der Waals surface area (Å²) in [6.07, 6.45) is 1.65. The maximum absolute atomic E-state index is 13.7. The van der Waals surface area contributed by atoms with Crippen LogP contribution in [0.2, 0.25) is 0 Å². The van der Waals surface area contributed by atoms with Gasteiger partial charge in [-0.1, -0.05) is 84.9 Å². The van der Waals surface area contributed by atoms with Gasteiger partial charge < -0.3 is 16.0 Å². The van der Waals surface area contributed by atoms with Gasteiger partial charge in [-0.2, -0.15) is 11.3 Å². The van der Waals surface area contributed by atoms with Gasteiger partial charge in [0.2, 0.25) is 5.91 Å². The number of carbonyl (C=O) groups excluding carboxylic acids is 3. The van der Waals surface area contributed by atoms with Crippen molar-refractivity contribution in [2.24, 2.45) is 0 Å². The summed E-state index contributed by atoms with van der Waals surface area (Å²) in [4.78, 5) is 40.8. The summed E-state index contributed by atoms with van der Waals surface area (Å²) in [7, 11) is 0. The number of hydrogen-bond donors (Lipinski definition) is 3. The Hall–Kier alpha value is -5.44. The SMILES string of the molecule is O=C(Nc1ccc(SC(C(=O)Nc2cccc3ccccc23)c2ccccc2)cc1)/C(=C/c1ccsc1)NC(=O)c1ccccc1. The molecule has 3 amide bonds. The fraction of sp³-hybridized carbons (Fsp3) is 0.0263. The summed E-state index contributed by atoms with van der Waals surface area (Å²) in [6, 6.07) is 41.4. The van der Waals surface area contributed by atoms with Crippen LogP contribution in [-0.4, -0.2) is 17.7 Å². The lowest BCUT2D eigenvalue weighted by molar-refractivity contribution is -0.116. The van der Waals surface area contributed by atoms with Crippen molar-refractivity contribution in [1.29, 1.82) is 0 Å². The Morgan fingerprint density at radius 3 is 2.13 bits per heavy atom. The van der Waals surface area contributed by atoms with Gasteiger partial charge in [-0.3, -0.25) is 14.4 Å². The number of rotatable bonds is 10. The van der Waals surface area contributed by atoms with E-state index in [1.165, 1.54) is 23.1 Å². The van der Waals surface area contributed by atoms with Crippen LogP contribution in [0.5, 0.6) is 0 Å². The van der Waals surface area contributed by atoms with Gasteiger partial charge in [-0.25, -0.2) is 0 Å². The van der Waals surface area contributed by atoms with Gasteiger partial charge in [0.1, 0.15) is 10.9 Å². The smallest absolute Gasteiger partial charge is 0.272 e. The molecule has 1 aromatic heterocycles. The number of fused-ring (bicyclic) bond motifs is 1. The van der Waals surface area contributed by atoms with Crippen LogP contribution in [0.1, 0.15) is 26.7 Å². The van der Waals surface area contributed by atoms with Crippen molar-refractivity contribution in [3.8, 4) is 0 Å². The van der Waals surface area contributed by atoms with Crippen molar-refractivity contribution in [1.82, 2.24) is 5.32 Å². The molecule has 1 atom stereocenters. The van der Waals surface area contributed by atoms with Crippen LogP contribution in [0.3, 0.4) is 0 Å². The molecule has 3 N–H and O–H groups in total. The second-order valence-corrected chi connectivity index (χ2v) is 12.3. The van der Waals surface area contributed by atoms with Crippen molar-refractivity contribution in [2.75, 3.05) is 10.6 Å². The summed E-state index contributed by atoms with van der Waals surface area (Å²) < 4.78 is 0. The van der Waals surface area contributed by atoms with E-state index in [0.717, 1.165) is 32.5 Å². The van der Waals surface area contributed by atoms with E-state index in [4.69, 9.17) is 0 Å². The number of anilines is 2. The molecule has 6 rings (SSSR count). The average molecular weight is 640 g/mol. The molecule has 0 spiro atoms. The molecule has 6 nitrogen and oxygen atoms in total. The third kappa shape index (κ3) is 7.61. The molecule has 0 radical (unpaired) electrons. The molecule has 8 heteroatoms. The van der Waals surface area contributed by atoms with Gasteiger partial charge in [0, 0.05) is 27.2 Å². The summed E-state index contributed by atoms with van der Waals surface area (Å²) in [5.41, 5.74) is 3.57. The summed E-state index contributed by atoms with van der Waals surface area (Å²) in [5, 5.41) is 14.1. The first kappa shape index (κ1) is 30.6. The Labute approximate surface area is 275 Å². The molecule has 0 saturated heterocycles. The second kappa shape index (κ2) is 14.6. The van der Waals surface area contributed by atoms with Gasteiger partial charge in [0.25, 0.3) is 11.8 Å². The lowest BCUT2D eigenvalue weighted by atomic mass is 10.1. The van der Waals surface area contributed by atoms with Crippen LogP contribution in [0.25, 0.3) is 16.8 Å². The molecule has 1 heterocycles. The van der Waals surface area contributed by atoms with E-state index in [1.807, 2.05) is 108 Å². The monoisotopic (exact) mass is 639 g/mol. The van der Waals surface area contributed by atoms with Crippen LogP contribution in [0.15, 0.2) is 155 Å². The van der Waals surface area contributed by atoms with Gasteiger partial charge in [0.15, 0.2) is 0 Å². The lowest BCUT2D eigenvalue weighted by Gasteiger charge is -2.18. The maximum Gasteiger partial charge on any atom is 0.272 e. The zero-order valence-corrected chi connectivity index (χ0v) is 26.2. The van der Waals surface area contributed by atoms with E-state index >= 15 is 0 Å². The van der Waals surface area contributed by atoms with Crippen LogP contribution < -0.4 is 16.0 Å². The van der Waals surface area contributed by atoms with Gasteiger partial charge in [0.05, 0.1) is 0 Å². The lowest BCUT2D eigenvalue weighted by Crippen LogP contribution is -2.30. The minimum atomic E-state index is -0.519. The molecule has 226 valence electrons. The van der Waals surface area contributed by atoms with E-state index < -0.39 is 11.2 Å². The Kier molecular flexibility index (Phi) is 9.68. The van der Waals surface area contributed by atoms with Crippen molar-refractivity contribution in [3.63, 3.8) is 0 Å². The highest BCUT2D eigenvalue weighted by molar-refractivity contribution is 8.00. The van der Waals surface area contributed by atoms with Crippen LogP contribution >= 0.6 is 23.1 Å². The van der Waals surface area contributed by atoms with E-state index in [2.05, 4.69) is 16.0 Å². The first-order chi connectivity index (χ1) is 22.5. The zero-order chi connectivity index (χ0) is 31.7. The third-order valence-electron chi connectivity index (χ3n) is 7.14. The molecule has 0 saturated carbocycles. The highest BCUT2D eigenvalue weighted by atomic mass is 32.2. The molecule has 0 aliphatic heterocycles. The highest BCUT2D eigenvalue weighted by Crippen LogP contribution is 2.37. The summed E-state index contributed by atoms with van der Waals surface area (Å²) >= 11 is 2.93. The van der Waals surface area contributed by atoms with E-state index in [1.54, 1.807) is 42.5 Å². The predicted molar refractivity (Wildman–Crippen MR) is 189 cm³/mol. The standard InChI is InChI=1S/C38H29N3O3S2/c42-36(29-13-5-2-6-14-29)41-34(24-26-22-23-45-25-26)37(43)39-30-18-20-31(21-19-30)46-35(28-11-3-1-4-12-28)38(44)40-33-17-9-15-27-10-7-8-16-32(27)33/h1-25,35H,(H,39,43)(H,40,44)(H,41,42)/b34-24-. The first-order valence-corrected chi connectivity index (χ1v) is 16.4. The Balaban J connectivity index is 1.18. The minimum absolute atomic E-state index is 0.125. The number of carbonyl (C=O) groups is 3. The van der Waals surface area contributed by atoms with E-state index in [9.17, 15) is 14.4 Å². The highest BCUT2D eigenvalue weighted by Gasteiger charge is 2.23. The van der Waals surface area contributed by atoms with Crippen molar-refractivity contribution in [2.45, 2.75) is 10.1 Å². The van der Waals surface area contributed by atoms with Crippen molar-refractivity contribution >= 4 is 69.0 Å². The molecule has 0 aliphatic carbocycles. The first-order valence-electron chi connectivity index (χ1n) is 14.6. The zero-order valence-electron chi connectivity index (χ0n) is 24.6. The molecule has 5 aromatic carbocycles. The molecule has 46 heavy (non-hydrogen) atoms. The number of benzene rings is 5. The predicted octanol–water partition coefficient (Wildman–Crippen LogP) is 8.78. The number of thiophene rings is 1. The van der Waals surface area contributed by atoms with Crippen LogP contribution in [-0.2, 0) is 9.59 Å². The fourth-order valence-electron chi connectivity index (χ4n) is 4.85. The van der Waals surface area contributed by atoms with Gasteiger partial charge >= 0.3 is 0 Å². The van der Waals surface area contributed by atoms with E-state index in [0.29, 0.717) is 11.3 Å². The topological polar surface area (TPSA) is 87.3 Å². The molecule has 0 aliphatic rings. The Morgan fingerprint density at radius 2 is 1.39 bits per heavy atom. The quantitative estimate of drug-likeness (QED) is 0.103. The number of nitrogens with one attached hydrogen (secondary N) is 3. The minimum Gasteiger partial charge on any atom is -0.324 e.